The summed E-state index contributed by atoms with van der Waals surface area (Å²) in [5.74, 6) is 5.70. The monoisotopic (exact) mass is 344 g/mol. The van der Waals surface area contributed by atoms with E-state index >= 15 is 0 Å². The van der Waals surface area contributed by atoms with E-state index in [9.17, 15) is 0 Å². The molecule has 1 atom stereocenters. The van der Waals surface area contributed by atoms with Crippen LogP contribution in [0.15, 0.2) is 30.0 Å². The zero-order valence-corrected chi connectivity index (χ0v) is 12.0. The van der Waals surface area contributed by atoms with E-state index in [1.165, 1.54) is 20.3 Å². The number of ether oxygens (including phenoxy) is 1. The Morgan fingerprint density at radius 2 is 2.29 bits per heavy atom. The Morgan fingerprint density at radius 1 is 1.47 bits per heavy atom. The Bertz CT molecular complexity index is 431. The van der Waals surface area contributed by atoms with Crippen molar-refractivity contribution in [2.24, 2.45) is 5.84 Å². The van der Waals surface area contributed by atoms with Crippen molar-refractivity contribution in [3.05, 3.63) is 44.7 Å². The minimum absolute atomic E-state index is 0.0575. The van der Waals surface area contributed by atoms with Crippen LogP contribution in [-0.2, 0) is 4.74 Å². The van der Waals surface area contributed by atoms with Gasteiger partial charge in [0.15, 0.2) is 0 Å². The summed E-state index contributed by atoms with van der Waals surface area (Å²) in [7, 11) is 0. The van der Waals surface area contributed by atoms with E-state index in [-0.39, 0.29) is 6.04 Å². The van der Waals surface area contributed by atoms with Crippen molar-refractivity contribution in [1.29, 1.82) is 0 Å². The second kappa shape index (κ2) is 5.84. The number of halogens is 1. The van der Waals surface area contributed by atoms with Gasteiger partial charge in [-0.3, -0.25) is 5.84 Å². The van der Waals surface area contributed by atoms with E-state index in [0.717, 1.165) is 19.4 Å². The summed E-state index contributed by atoms with van der Waals surface area (Å²) in [5.41, 5.74) is 6.63. The van der Waals surface area contributed by atoms with Gasteiger partial charge in [0, 0.05) is 3.57 Å². The van der Waals surface area contributed by atoms with Crippen molar-refractivity contribution >= 4 is 22.6 Å². The SMILES string of the molecule is Cc1cccc(C(NN)C2=COCCC2)c1I. The molecule has 1 aromatic carbocycles. The number of aryl methyl sites for hydroxylation is 1. The highest BCUT2D eigenvalue weighted by molar-refractivity contribution is 14.1. The average molecular weight is 344 g/mol. The van der Waals surface area contributed by atoms with Crippen LogP contribution in [0.1, 0.15) is 30.0 Å². The Kier molecular flexibility index (Phi) is 4.42. The van der Waals surface area contributed by atoms with Crippen LogP contribution in [0.4, 0.5) is 0 Å². The van der Waals surface area contributed by atoms with Crippen molar-refractivity contribution < 1.29 is 4.74 Å². The highest BCUT2D eigenvalue weighted by Gasteiger charge is 2.20. The number of nitrogens with two attached hydrogens (primary N) is 1. The number of hydrogen-bond acceptors (Lipinski definition) is 3. The summed E-state index contributed by atoms with van der Waals surface area (Å²) in [4.78, 5) is 0. The molecule has 3 N–H and O–H groups in total. The molecular weight excluding hydrogens is 327 g/mol. The molecule has 1 aliphatic rings. The molecule has 0 aromatic heterocycles. The predicted octanol–water partition coefficient (Wildman–Crippen LogP) is 2.80. The largest absolute Gasteiger partial charge is 0.501 e. The van der Waals surface area contributed by atoms with Crippen LogP contribution in [0, 0.1) is 10.5 Å². The number of benzene rings is 1. The van der Waals surface area contributed by atoms with Crippen molar-refractivity contribution in [1.82, 2.24) is 5.43 Å². The molecule has 92 valence electrons. The number of rotatable bonds is 3. The lowest BCUT2D eigenvalue weighted by atomic mass is 9.95. The van der Waals surface area contributed by atoms with Crippen molar-refractivity contribution in [2.75, 3.05) is 6.61 Å². The van der Waals surface area contributed by atoms with Crippen molar-refractivity contribution in [2.45, 2.75) is 25.8 Å². The van der Waals surface area contributed by atoms with Gasteiger partial charge in [0.05, 0.1) is 18.9 Å². The van der Waals surface area contributed by atoms with E-state index < -0.39 is 0 Å². The fourth-order valence-electron chi connectivity index (χ4n) is 2.09. The first-order valence-corrected chi connectivity index (χ1v) is 6.83. The third-order valence-electron chi connectivity index (χ3n) is 3.03. The molecule has 3 nitrogen and oxygen atoms in total. The maximum atomic E-state index is 5.70. The third-order valence-corrected chi connectivity index (χ3v) is 4.51. The topological polar surface area (TPSA) is 47.3 Å². The maximum Gasteiger partial charge on any atom is 0.0876 e. The molecule has 0 fully saturated rings. The van der Waals surface area contributed by atoms with Crippen LogP contribution in [0.5, 0.6) is 0 Å². The van der Waals surface area contributed by atoms with Crippen LogP contribution >= 0.6 is 22.6 Å². The van der Waals surface area contributed by atoms with Crippen molar-refractivity contribution in [3.8, 4) is 0 Å². The molecule has 0 aliphatic carbocycles. The highest BCUT2D eigenvalue weighted by Crippen LogP contribution is 2.31. The molecule has 1 aromatic rings. The van der Waals surface area contributed by atoms with Crippen LogP contribution in [0.25, 0.3) is 0 Å². The molecule has 2 rings (SSSR count). The van der Waals surface area contributed by atoms with Crippen LogP contribution in [0.2, 0.25) is 0 Å². The minimum atomic E-state index is 0.0575. The summed E-state index contributed by atoms with van der Waals surface area (Å²) in [6.07, 6.45) is 3.96. The molecular formula is C13H17IN2O. The van der Waals surface area contributed by atoms with E-state index in [2.05, 4.69) is 53.1 Å². The van der Waals surface area contributed by atoms with E-state index in [4.69, 9.17) is 10.6 Å². The van der Waals surface area contributed by atoms with Gasteiger partial charge >= 0.3 is 0 Å². The summed E-state index contributed by atoms with van der Waals surface area (Å²) in [6.45, 7) is 2.93. The molecule has 0 amide bonds. The van der Waals surface area contributed by atoms with Gasteiger partial charge in [-0.1, -0.05) is 18.2 Å². The average Bonchev–Trinajstić information content (AvgIpc) is 2.37. The maximum absolute atomic E-state index is 5.70. The summed E-state index contributed by atoms with van der Waals surface area (Å²) in [5, 5.41) is 0. The molecule has 0 radical (unpaired) electrons. The van der Waals surface area contributed by atoms with Gasteiger partial charge < -0.3 is 4.74 Å². The first-order valence-electron chi connectivity index (χ1n) is 5.75. The Labute approximate surface area is 116 Å². The quantitative estimate of drug-likeness (QED) is 0.504. The van der Waals surface area contributed by atoms with Gasteiger partial charge in [0.25, 0.3) is 0 Å². The zero-order valence-electron chi connectivity index (χ0n) is 9.87. The lowest BCUT2D eigenvalue weighted by Crippen LogP contribution is -2.31. The second-order valence-corrected chi connectivity index (χ2v) is 5.32. The standard InChI is InChI=1S/C13H17IN2O/c1-9-4-2-6-11(12(9)14)13(16-15)10-5-3-7-17-8-10/h2,4,6,8,13,16H,3,5,7,15H2,1H3. The molecule has 0 bridgehead atoms. The first kappa shape index (κ1) is 12.9. The smallest absolute Gasteiger partial charge is 0.0876 e. The van der Waals surface area contributed by atoms with E-state index in [1.54, 1.807) is 0 Å². The van der Waals surface area contributed by atoms with Gasteiger partial charge in [-0.25, -0.2) is 5.43 Å². The van der Waals surface area contributed by atoms with E-state index in [1.807, 2.05) is 6.26 Å². The van der Waals surface area contributed by atoms with Gasteiger partial charge in [-0.15, -0.1) is 0 Å². The lowest BCUT2D eigenvalue weighted by molar-refractivity contribution is 0.219. The molecule has 0 saturated carbocycles. The normalized spacial score (nSPS) is 17.2. The molecule has 4 heteroatoms. The molecule has 17 heavy (non-hydrogen) atoms. The fourth-order valence-corrected chi connectivity index (χ4v) is 2.76. The Balaban J connectivity index is 2.34. The predicted molar refractivity (Wildman–Crippen MR) is 77.2 cm³/mol. The lowest BCUT2D eigenvalue weighted by Gasteiger charge is -2.24. The highest BCUT2D eigenvalue weighted by atomic mass is 127. The molecule has 1 heterocycles. The van der Waals surface area contributed by atoms with Gasteiger partial charge in [-0.2, -0.15) is 0 Å². The van der Waals surface area contributed by atoms with Crippen LogP contribution in [0.3, 0.4) is 0 Å². The number of hydrazine groups is 1. The van der Waals surface area contributed by atoms with Crippen molar-refractivity contribution in [3.63, 3.8) is 0 Å². The molecule has 1 aliphatic heterocycles. The number of nitrogens with one attached hydrogen (secondary N) is 1. The first-order chi connectivity index (χ1) is 8.24. The fraction of sp³-hybridized carbons (Fsp3) is 0.385. The zero-order chi connectivity index (χ0) is 12.3. The third kappa shape index (κ3) is 2.81. The van der Waals surface area contributed by atoms with Crippen LogP contribution < -0.4 is 11.3 Å². The van der Waals surface area contributed by atoms with E-state index in [0.29, 0.717) is 0 Å². The summed E-state index contributed by atoms with van der Waals surface area (Å²) < 4.78 is 6.66. The minimum Gasteiger partial charge on any atom is -0.501 e. The van der Waals surface area contributed by atoms with Gasteiger partial charge in [0.1, 0.15) is 0 Å². The second-order valence-electron chi connectivity index (χ2n) is 4.24. The van der Waals surface area contributed by atoms with Gasteiger partial charge in [0.2, 0.25) is 0 Å². The Hall–Kier alpha value is -0.590. The summed E-state index contributed by atoms with van der Waals surface area (Å²) in [6, 6.07) is 6.36. The van der Waals surface area contributed by atoms with Gasteiger partial charge in [-0.05, 0) is 59.1 Å². The molecule has 0 saturated heterocycles. The van der Waals surface area contributed by atoms with Crippen LogP contribution in [-0.4, -0.2) is 6.61 Å². The summed E-state index contributed by atoms with van der Waals surface area (Å²) >= 11 is 2.38. The molecule has 1 unspecified atom stereocenters. The molecule has 0 spiro atoms. The number of hydrogen-bond donors (Lipinski definition) is 2. The Morgan fingerprint density at radius 3 is 2.94 bits per heavy atom.